The molecule has 4 nitrogen and oxygen atoms in total. The fraction of sp³-hybridized carbons (Fsp3) is 0.636. The highest BCUT2D eigenvalue weighted by atomic mass is 79.9. The Morgan fingerprint density at radius 1 is 1.50 bits per heavy atom. The van der Waals surface area contributed by atoms with E-state index in [4.69, 9.17) is 0 Å². The van der Waals surface area contributed by atoms with Crippen LogP contribution in [0.2, 0.25) is 0 Å². The van der Waals surface area contributed by atoms with Crippen LogP contribution in [0, 0.1) is 5.92 Å². The zero-order valence-electron chi connectivity index (χ0n) is 11.0. The van der Waals surface area contributed by atoms with Gasteiger partial charge in [0, 0.05) is 25.0 Å². The lowest BCUT2D eigenvalue weighted by Gasteiger charge is -2.18. The summed E-state index contributed by atoms with van der Waals surface area (Å²) in [6, 6.07) is 1.73. The maximum absolute atomic E-state index is 12.4. The van der Waals surface area contributed by atoms with Gasteiger partial charge in [0.05, 0.1) is 3.79 Å². The molecule has 0 amide bonds. The standard InChI is InChI=1S/C11H19BrN2O2S2/c1-8(2)7-14(4)18(15,16)10-5-9(6-13-3)17-11(10)12/h5,8,13H,6-7H2,1-4H3. The average molecular weight is 355 g/mol. The molecule has 1 N–H and O–H groups in total. The molecule has 0 unspecified atom stereocenters. The molecule has 1 aromatic heterocycles. The summed E-state index contributed by atoms with van der Waals surface area (Å²) in [5.74, 6) is 0.305. The van der Waals surface area contributed by atoms with Gasteiger partial charge in [-0.2, -0.15) is 0 Å². The van der Waals surface area contributed by atoms with Crippen molar-refractivity contribution in [2.24, 2.45) is 5.92 Å². The summed E-state index contributed by atoms with van der Waals surface area (Å²) >= 11 is 4.79. The number of thiophene rings is 1. The fourth-order valence-electron chi connectivity index (χ4n) is 1.62. The average Bonchev–Trinajstić information content (AvgIpc) is 2.59. The molecule has 0 atom stereocenters. The zero-order valence-corrected chi connectivity index (χ0v) is 14.2. The van der Waals surface area contributed by atoms with Crippen molar-refractivity contribution in [2.75, 3.05) is 20.6 Å². The van der Waals surface area contributed by atoms with Gasteiger partial charge in [0.2, 0.25) is 10.0 Å². The summed E-state index contributed by atoms with van der Waals surface area (Å²) in [5, 5.41) is 3.02. The van der Waals surface area contributed by atoms with Gasteiger partial charge < -0.3 is 5.32 Å². The van der Waals surface area contributed by atoms with Crippen LogP contribution in [0.3, 0.4) is 0 Å². The van der Waals surface area contributed by atoms with Gasteiger partial charge in [-0.25, -0.2) is 12.7 Å². The molecule has 7 heteroatoms. The highest BCUT2D eigenvalue weighted by molar-refractivity contribution is 9.11. The van der Waals surface area contributed by atoms with Crippen LogP contribution >= 0.6 is 27.3 Å². The van der Waals surface area contributed by atoms with Crippen molar-refractivity contribution in [2.45, 2.75) is 25.3 Å². The summed E-state index contributed by atoms with van der Waals surface area (Å²) in [7, 11) is 0.0691. The summed E-state index contributed by atoms with van der Waals surface area (Å²) in [4.78, 5) is 1.36. The van der Waals surface area contributed by atoms with Crippen LogP contribution in [0.15, 0.2) is 14.7 Å². The first-order chi connectivity index (χ1) is 8.28. The molecule has 0 aliphatic carbocycles. The Kier molecular flexibility index (Phi) is 5.79. The molecule has 0 saturated carbocycles. The largest absolute Gasteiger partial charge is 0.315 e. The highest BCUT2D eigenvalue weighted by Crippen LogP contribution is 2.33. The monoisotopic (exact) mass is 354 g/mol. The Bertz CT molecular complexity index is 497. The molecule has 104 valence electrons. The number of sulfonamides is 1. The van der Waals surface area contributed by atoms with Crippen molar-refractivity contribution in [3.8, 4) is 0 Å². The molecule has 1 aromatic rings. The minimum absolute atomic E-state index is 0.305. The van der Waals surface area contributed by atoms with E-state index in [0.29, 0.717) is 27.7 Å². The first-order valence-electron chi connectivity index (χ1n) is 5.68. The minimum Gasteiger partial charge on any atom is -0.315 e. The normalized spacial score (nSPS) is 12.6. The van der Waals surface area contributed by atoms with Crippen LogP contribution in [-0.2, 0) is 16.6 Å². The highest BCUT2D eigenvalue weighted by Gasteiger charge is 2.25. The van der Waals surface area contributed by atoms with E-state index in [9.17, 15) is 8.42 Å². The smallest absolute Gasteiger partial charge is 0.244 e. The quantitative estimate of drug-likeness (QED) is 0.853. The maximum Gasteiger partial charge on any atom is 0.244 e. The van der Waals surface area contributed by atoms with Crippen molar-refractivity contribution < 1.29 is 8.42 Å². The van der Waals surface area contributed by atoms with Gasteiger partial charge in [0.1, 0.15) is 4.90 Å². The second-order valence-corrected chi connectivity index (χ2v) is 9.03. The molecule has 0 saturated heterocycles. The number of hydrogen-bond donors (Lipinski definition) is 1. The van der Waals surface area contributed by atoms with Gasteiger partial charge in [-0.1, -0.05) is 13.8 Å². The molecule has 0 bridgehead atoms. The van der Waals surface area contributed by atoms with Crippen LogP contribution in [0.1, 0.15) is 18.7 Å². The maximum atomic E-state index is 12.4. The van der Waals surface area contributed by atoms with E-state index < -0.39 is 10.0 Å². The summed E-state index contributed by atoms with van der Waals surface area (Å²) in [6.45, 7) is 5.20. The van der Waals surface area contributed by atoms with Crippen molar-refractivity contribution >= 4 is 37.3 Å². The third kappa shape index (κ3) is 3.77. The molecule has 0 aliphatic rings. The van der Waals surface area contributed by atoms with E-state index in [1.165, 1.54) is 15.6 Å². The van der Waals surface area contributed by atoms with Gasteiger partial charge in [0.25, 0.3) is 0 Å². The van der Waals surface area contributed by atoms with Gasteiger partial charge in [-0.3, -0.25) is 0 Å². The Labute approximate surface area is 122 Å². The van der Waals surface area contributed by atoms with Crippen LogP contribution in [0.25, 0.3) is 0 Å². The Hall–Kier alpha value is 0.0500. The van der Waals surface area contributed by atoms with E-state index in [1.54, 1.807) is 13.1 Å². The predicted molar refractivity (Wildman–Crippen MR) is 79.4 cm³/mol. The van der Waals surface area contributed by atoms with Crippen molar-refractivity contribution in [1.29, 1.82) is 0 Å². The lowest BCUT2D eigenvalue weighted by atomic mass is 10.2. The van der Waals surface area contributed by atoms with E-state index in [2.05, 4.69) is 21.2 Å². The van der Waals surface area contributed by atoms with E-state index in [1.807, 2.05) is 20.9 Å². The van der Waals surface area contributed by atoms with Crippen LogP contribution in [0.5, 0.6) is 0 Å². The minimum atomic E-state index is -3.39. The molecule has 1 heterocycles. The zero-order chi connectivity index (χ0) is 13.9. The molecular weight excluding hydrogens is 336 g/mol. The second kappa shape index (κ2) is 6.47. The van der Waals surface area contributed by atoms with Crippen LogP contribution in [0.4, 0.5) is 0 Å². The fourth-order valence-corrected chi connectivity index (χ4v) is 5.59. The molecule has 0 fully saturated rings. The molecule has 0 spiro atoms. The topological polar surface area (TPSA) is 49.4 Å². The Morgan fingerprint density at radius 2 is 2.11 bits per heavy atom. The summed E-state index contributed by atoms with van der Waals surface area (Å²) < 4.78 is 26.9. The molecule has 0 aliphatic heterocycles. The molecule has 1 rings (SSSR count). The third-order valence-corrected chi connectivity index (χ3v) is 6.44. The number of hydrogen-bond acceptors (Lipinski definition) is 4. The first kappa shape index (κ1) is 16.1. The molecule has 0 radical (unpaired) electrons. The Balaban J connectivity index is 3.04. The lowest BCUT2D eigenvalue weighted by Crippen LogP contribution is -2.30. The van der Waals surface area contributed by atoms with E-state index in [0.717, 1.165) is 4.88 Å². The molecule has 18 heavy (non-hydrogen) atoms. The summed E-state index contributed by atoms with van der Waals surface area (Å²) in [6.07, 6.45) is 0. The number of nitrogens with one attached hydrogen (secondary N) is 1. The number of halogens is 1. The van der Waals surface area contributed by atoms with Crippen molar-refractivity contribution in [1.82, 2.24) is 9.62 Å². The van der Waals surface area contributed by atoms with E-state index >= 15 is 0 Å². The van der Waals surface area contributed by atoms with Crippen molar-refractivity contribution in [3.05, 3.63) is 14.7 Å². The van der Waals surface area contributed by atoms with Crippen LogP contribution < -0.4 is 5.32 Å². The molecule has 0 aromatic carbocycles. The van der Waals surface area contributed by atoms with Gasteiger partial charge in [-0.15, -0.1) is 11.3 Å². The third-order valence-electron chi connectivity index (χ3n) is 2.37. The number of nitrogens with zero attached hydrogens (tertiary/aromatic N) is 1. The first-order valence-corrected chi connectivity index (χ1v) is 8.73. The van der Waals surface area contributed by atoms with Gasteiger partial charge in [-0.05, 0) is 35.0 Å². The summed E-state index contributed by atoms with van der Waals surface area (Å²) in [5.41, 5.74) is 0. The van der Waals surface area contributed by atoms with Crippen LogP contribution in [-0.4, -0.2) is 33.4 Å². The van der Waals surface area contributed by atoms with Gasteiger partial charge in [0.15, 0.2) is 0 Å². The Morgan fingerprint density at radius 3 is 2.61 bits per heavy atom. The van der Waals surface area contributed by atoms with Crippen molar-refractivity contribution in [3.63, 3.8) is 0 Å². The predicted octanol–water partition coefficient (Wildman–Crippen LogP) is 2.51. The lowest BCUT2D eigenvalue weighted by molar-refractivity contribution is 0.417. The SMILES string of the molecule is CNCc1cc(S(=O)(=O)N(C)CC(C)C)c(Br)s1. The van der Waals surface area contributed by atoms with E-state index in [-0.39, 0.29) is 0 Å². The molecular formula is C11H19BrN2O2S2. The number of rotatable bonds is 6. The van der Waals surface area contributed by atoms with Gasteiger partial charge >= 0.3 is 0 Å². The second-order valence-electron chi connectivity index (χ2n) is 4.56.